The lowest BCUT2D eigenvalue weighted by Crippen LogP contribution is -2.28. The molecule has 0 saturated heterocycles. The van der Waals surface area contributed by atoms with Gasteiger partial charge in [0.25, 0.3) is 0 Å². The number of fused-ring (bicyclic) bond motifs is 5. The molecule has 0 bridgehead atoms. The lowest BCUT2D eigenvalue weighted by atomic mass is 9.67. The molecule has 2 atom stereocenters. The highest BCUT2D eigenvalue weighted by Crippen LogP contribution is 2.56. The number of thioether (sulfide) groups is 2. The molecule has 0 fully saturated rings. The molecule has 0 amide bonds. The van der Waals surface area contributed by atoms with Crippen molar-refractivity contribution in [2.75, 3.05) is 19.0 Å². The molecule has 354 valence electrons. The van der Waals surface area contributed by atoms with Gasteiger partial charge >= 0.3 is 0 Å². The average molecular weight is 969 g/mol. The predicted octanol–water partition coefficient (Wildman–Crippen LogP) is 16.3. The van der Waals surface area contributed by atoms with Crippen molar-refractivity contribution in [2.24, 2.45) is 5.41 Å². The zero-order chi connectivity index (χ0) is 48.2. The van der Waals surface area contributed by atoms with Crippen LogP contribution in [-0.2, 0) is 5.41 Å². The summed E-state index contributed by atoms with van der Waals surface area (Å²) >= 11 is 5.34. The maximum absolute atomic E-state index is 11.0. The molecule has 8 aromatic rings. The quantitative estimate of drug-likeness (QED) is 0.0738. The highest BCUT2D eigenvalue weighted by atomic mass is 32.2. The van der Waals surface area contributed by atoms with Crippen LogP contribution in [0.2, 0.25) is 0 Å². The first-order valence-electron chi connectivity index (χ1n) is 24.5. The van der Waals surface area contributed by atoms with E-state index in [0.717, 1.165) is 63.6 Å². The summed E-state index contributed by atoms with van der Waals surface area (Å²) in [5.74, 6) is 2.04. The molecule has 0 spiro atoms. The van der Waals surface area contributed by atoms with Gasteiger partial charge in [-0.3, -0.25) is 0 Å². The minimum atomic E-state index is -0.625. The summed E-state index contributed by atoms with van der Waals surface area (Å²) in [4.78, 5) is 4.84. The molecule has 9 rings (SSSR count). The zero-order valence-corrected chi connectivity index (χ0v) is 43.2. The number of rotatable bonds is 20. The van der Waals surface area contributed by atoms with E-state index in [9.17, 15) is 10.2 Å². The van der Waals surface area contributed by atoms with Crippen LogP contribution in [-0.4, -0.2) is 46.1 Å². The fourth-order valence-corrected chi connectivity index (χ4v) is 12.3. The largest absolute Gasteiger partial charge is 0.491 e. The van der Waals surface area contributed by atoms with Crippen LogP contribution in [0.4, 0.5) is 0 Å². The van der Waals surface area contributed by atoms with Crippen LogP contribution < -0.4 is 9.47 Å². The minimum absolute atomic E-state index is 0.109. The van der Waals surface area contributed by atoms with Crippen LogP contribution in [0.15, 0.2) is 189 Å². The van der Waals surface area contributed by atoms with Crippen LogP contribution >= 0.6 is 35.3 Å². The summed E-state index contributed by atoms with van der Waals surface area (Å²) in [5, 5.41) is 26.3. The second-order valence-corrected chi connectivity index (χ2v) is 23.5. The van der Waals surface area contributed by atoms with E-state index >= 15 is 0 Å². The molecule has 0 aromatic heterocycles. The molecule has 1 aliphatic carbocycles. The van der Waals surface area contributed by atoms with E-state index in [2.05, 4.69) is 199 Å². The summed E-state index contributed by atoms with van der Waals surface area (Å²) in [6.07, 6.45) is 2.77. The first-order valence-corrected chi connectivity index (χ1v) is 27.1. The van der Waals surface area contributed by atoms with Gasteiger partial charge in [-0.1, -0.05) is 151 Å². The van der Waals surface area contributed by atoms with Crippen molar-refractivity contribution in [3.63, 3.8) is 0 Å². The molecular weight excluding hydrogens is 905 g/mol. The van der Waals surface area contributed by atoms with Crippen molar-refractivity contribution in [3.05, 3.63) is 192 Å². The monoisotopic (exact) mass is 968 g/mol. The first-order chi connectivity index (χ1) is 33.4. The number of hydrogen-bond donors (Lipinski definition) is 2. The Morgan fingerprint density at radius 1 is 0.493 bits per heavy atom. The number of aliphatic hydroxyl groups is 2. The van der Waals surface area contributed by atoms with Gasteiger partial charge in [-0.05, 0) is 158 Å². The molecule has 0 aliphatic heterocycles. The van der Waals surface area contributed by atoms with E-state index in [0.29, 0.717) is 5.75 Å². The lowest BCUT2D eigenvalue weighted by molar-refractivity contribution is 0.0578. The standard InChI is InChI=1S/C62H64O4S3/c1-7-60(4,5)69-55-32-30-54(31-33-55)68-53-28-26-52(27-29-53)67-41-49(64)40-66-51-25-21-43-35-47(23-19-45(43)37-51)62(58-16-12-10-14-56(58)57-15-11-13-17-59(57)62)46-22-18-44-36-50(24-20-42(44)34-46)65-39-48(63)38-61(6,8-2)9-3/h10-37,48-49,63-64H,7-9,38-41H2,1-6H3. The lowest BCUT2D eigenvalue weighted by Gasteiger charge is -2.34. The van der Waals surface area contributed by atoms with Gasteiger partial charge in [0.15, 0.2) is 0 Å². The van der Waals surface area contributed by atoms with Gasteiger partial charge in [-0.2, -0.15) is 0 Å². The van der Waals surface area contributed by atoms with Crippen LogP contribution in [0.3, 0.4) is 0 Å². The highest BCUT2D eigenvalue weighted by Gasteiger charge is 2.46. The molecule has 8 aromatic carbocycles. The molecule has 0 heterocycles. The van der Waals surface area contributed by atoms with Gasteiger partial charge in [0.1, 0.15) is 24.7 Å². The molecule has 69 heavy (non-hydrogen) atoms. The number of aliphatic hydroxyl groups excluding tert-OH is 2. The van der Waals surface area contributed by atoms with Crippen molar-refractivity contribution in [3.8, 4) is 22.6 Å². The molecular formula is C62H64O4S3. The Balaban J connectivity index is 0.891. The smallest absolute Gasteiger partial charge is 0.120 e. The van der Waals surface area contributed by atoms with Gasteiger partial charge in [0, 0.05) is 30.1 Å². The van der Waals surface area contributed by atoms with Crippen LogP contribution in [0.1, 0.15) is 89.5 Å². The maximum atomic E-state index is 11.0. The van der Waals surface area contributed by atoms with E-state index in [-0.39, 0.29) is 23.4 Å². The van der Waals surface area contributed by atoms with Gasteiger partial charge < -0.3 is 19.7 Å². The predicted molar refractivity (Wildman–Crippen MR) is 293 cm³/mol. The minimum Gasteiger partial charge on any atom is -0.491 e. The van der Waals surface area contributed by atoms with Crippen molar-refractivity contribution in [2.45, 2.75) is 109 Å². The van der Waals surface area contributed by atoms with Crippen molar-refractivity contribution in [1.82, 2.24) is 0 Å². The number of benzene rings is 8. The maximum Gasteiger partial charge on any atom is 0.120 e. The summed E-state index contributed by atoms with van der Waals surface area (Å²) in [6.45, 7) is 13.9. The third-order valence-corrected chi connectivity index (χ3v) is 17.9. The van der Waals surface area contributed by atoms with Gasteiger partial charge in [-0.15, -0.1) is 23.5 Å². The Bertz CT molecular complexity index is 2990. The summed E-state index contributed by atoms with van der Waals surface area (Å²) in [6, 6.07) is 61.3. The second-order valence-electron chi connectivity index (χ2n) is 19.5. The fourth-order valence-electron chi connectivity index (χ4n) is 9.62. The third kappa shape index (κ3) is 10.8. The molecule has 2 N–H and O–H groups in total. The Labute approximate surface area is 422 Å². The molecule has 7 heteroatoms. The SMILES string of the molecule is CCC(C)(CC)CC(O)COc1ccc2cc(C3(c4ccc5cc(OCC(O)CSc6ccc(Sc7ccc(SC(C)(C)CC)cc7)cc6)ccc5c4)c4ccccc4-c4ccccc43)ccc2c1. The Kier molecular flexibility index (Phi) is 14.9. The van der Waals surface area contributed by atoms with Gasteiger partial charge in [0.2, 0.25) is 0 Å². The van der Waals surface area contributed by atoms with Crippen molar-refractivity contribution < 1.29 is 19.7 Å². The van der Waals surface area contributed by atoms with E-state index in [1.807, 2.05) is 23.9 Å². The molecule has 4 nitrogen and oxygen atoms in total. The average Bonchev–Trinajstić information content (AvgIpc) is 3.68. The Morgan fingerprint density at radius 2 is 0.942 bits per heavy atom. The number of hydrogen-bond acceptors (Lipinski definition) is 7. The third-order valence-electron chi connectivity index (χ3n) is 14.3. The molecule has 2 unspecified atom stereocenters. The van der Waals surface area contributed by atoms with Crippen molar-refractivity contribution >= 4 is 56.8 Å². The molecule has 1 aliphatic rings. The Hall–Kier alpha value is -5.15. The van der Waals surface area contributed by atoms with Crippen LogP contribution in [0.5, 0.6) is 11.5 Å². The first kappa shape index (κ1) is 48.9. The fraction of sp³-hybridized carbons (Fsp3) is 0.290. The van der Waals surface area contributed by atoms with E-state index in [1.165, 1.54) is 48.1 Å². The van der Waals surface area contributed by atoms with Gasteiger partial charge in [-0.25, -0.2) is 0 Å². The summed E-state index contributed by atoms with van der Waals surface area (Å²) in [5.41, 5.74) is 6.96. The summed E-state index contributed by atoms with van der Waals surface area (Å²) < 4.78 is 12.6. The van der Waals surface area contributed by atoms with Crippen LogP contribution in [0.25, 0.3) is 32.7 Å². The highest BCUT2D eigenvalue weighted by molar-refractivity contribution is 8.00. The Morgan fingerprint density at radius 3 is 1.45 bits per heavy atom. The second kappa shape index (κ2) is 21.1. The van der Waals surface area contributed by atoms with E-state index in [4.69, 9.17) is 9.47 Å². The number of ether oxygens (including phenoxy) is 2. The normalized spacial score (nSPS) is 14.1. The molecule has 0 radical (unpaired) electrons. The van der Waals surface area contributed by atoms with Crippen LogP contribution in [0, 0.1) is 5.41 Å². The van der Waals surface area contributed by atoms with Crippen molar-refractivity contribution in [1.29, 1.82) is 0 Å². The van der Waals surface area contributed by atoms with Gasteiger partial charge in [0.05, 0.1) is 17.6 Å². The summed E-state index contributed by atoms with van der Waals surface area (Å²) in [7, 11) is 0. The molecule has 0 saturated carbocycles. The van der Waals surface area contributed by atoms with E-state index < -0.39 is 17.6 Å². The topological polar surface area (TPSA) is 58.9 Å². The van der Waals surface area contributed by atoms with E-state index in [1.54, 1.807) is 23.5 Å². The zero-order valence-electron chi connectivity index (χ0n) is 40.7.